The zero-order valence-corrected chi connectivity index (χ0v) is 22.8. The number of alkyl carbamates (subject to hydrolysis) is 1. The summed E-state index contributed by atoms with van der Waals surface area (Å²) in [6.45, 7) is 10.9. The number of hydrogen-bond donors (Lipinski definition) is 3. The summed E-state index contributed by atoms with van der Waals surface area (Å²) in [5.41, 5.74) is -1.45. The Hall–Kier alpha value is -3.00. The minimum atomic E-state index is -0.830. The number of rotatable bonds is 3. The molecule has 1 aromatic rings. The van der Waals surface area contributed by atoms with Crippen LogP contribution >= 0.6 is 11.3 Å². The Morgan fingerprint density at radius 2 is 1.70 bits per heavy atom. The van der Waals surface area contributed by atoms with Gasteiger partial charge in [-0.15, -0.1) is 15.2 Å². The molecule has 1 aliphatic carbocycles. The number of aliphatic imine (C=N–C) groups is 1. The van der Waals surface area contributed by atoms with Crippen molar-refractivity contribution in [2.24, 2.45) is 4.99 Å². The number of nitrogens with one attached hydrogen (secondary N) is 2. The summed E-state index contributed by atoms with van der Waals surface area (Å²) in [7, 11) is 0. The van der Waals surface area contributed by atoms with Crippen LogP contribution in [0, 0.1) is 0 Å². The van der Waals surface area contributed by atoms with Gasteiger partial charge in [0.05, 0.1) is 12.1 Å². The van der Waals surface area contributed by atoms with Gasteiger partial charge in [-0.1, -0.05) is 11.3 Å². The maximum absolute atomic E-state index is 12.3. The SMILES string of the molecule is CC(C)(C)OC(=O)N=C(NC(=O)OC(C)(C)C)N[C@H]1C[C@H](c2nnc([C@@H]3CC[C@H]4CN3C(=O)N4O)s2)C1. The van der Waals surface area contributed by atoms with E-state index in [4.69, 9.17) is 9.47 Å². The highest BCUT2D eigenvalue weighted by Gasteiger charge is 2.46. The maximum atomic E-state index is 12.3. The van der Waals surface area contributed by atoms with Crippen LogP contribution < -0.4 is 10.6 Å². The molecule has 2 aliphatic heterocycles. The number of fused-ring (bicyclic) bond motifs is 2. The normalized spacial score (nSPS) is 26.0. The van der Waals surface area contributed by atoms with Gasteiger partial charge in [0.2, 0.25) is 5.96 Å². The van der Waals surface area contributed by atoms with Crippen molar-refractivity contribution in [1.29, 1.82) is 0 Å². The quantitative estimate of drug-likeness (QED) is 0.298. The fraction of sp³-hybridized carbons (Fsp3) is 0.739. The number of nitrogens with zero attached hydrogens (tertiary/aromatic N) is 5. The highest BCUT2D eigenvalue weighted by molar-refractivity contribution is 7.11. The van der Waals surface area contributed by atoms with E-state index in [2.05, 4.69) is 25.8 Å². The van der Waals surface area contributed by atoms with Crippen molar-refractivity contribution >= 4 is 35.5 Å². The lowest BCUT2D eigenvalue weighted by Gasteiger charge is -2.35. The first-order chi connectivity index (χ1) is 17.2. The summed E-state index contributed by atoms with van der Waals surface area (Å²) in [6.07, 6.45) is 1.27. The van der Waals surface area contributed by atoms with Gasteiger partial charge in [0.1, 0.15) is 21.2 Å². The Kier molecular flexibility index (Phi) is 7.34. The van der Waals surface area contributed by atoms with Crippen molar-refractivity contribution < 1.29 is 29.1 Å². The molecule has 204 valence electrons. The highest BCUT2D eigenvalue weighted by atomic mass is 32.1. The van der Waals surface area contributed by atoms with Crippen LogP contribution in [0.2, 0.25) is 0 Å². The molecule has 13 nitrogen and oxygen atoms in total. The number of urea groups is 1. The molecule has 0 aromatic carbocycles. The van der Waals surface area contributed by atoms with Crippen LogP contribution in [-0.2, 0) is 9.47 Å². The molecule has 1 aromatic heterocycles. The van der Waals surface area contributed by atoms with E-state index in [1.807, 2.05) is 0 Å². The monoisotopic (exact) mass is 537 g/mol. The molecule has 0 radical (unpaired) electrons. The second-order valence-corrected chi connectivity index (χ2v) is 12.6. The van der Waals surface area contributed by atoms with Crippen LogP contribution in [0.4, 0.5) is 14.4 Å². The van der Waals surface area contributed by atoms with Crippen molar-refractivity contribution in [3.8, 4) is 0 Å². The topological polar surface area (TPSA) is 159 Å². The number of ether oxygens (including phenoxy) is 2. The van der Waals surface area contributed by atoms with Gasteiger partial charge in [0.25, 0.3) is 0 Å². The van der Waals surface area contributed by atoms with Crippen LogP contribution in [0.1, 0.15) is 89.2 Å². The van der Waals surface area contributed by atoms with Gasteiger partial charge in [0, 0.05) is 18.5 Å². The van der Waals surface area contributed by atoms with Gasteiger partial charge in [-0.25, -0.2) is 19.4 Å². The number of aromatic nitrogens is 2. The number of carbonyl (C=O) groups excluding carboxylic acids is 3. The van der Waals surface area contributed by atoms with Gasteiger partial charge in [-0.2, -0.15) is 0 Å². The molecule has 37 heavy (non-hydrogen) atoms. The Bertz CT molecular complexity index is 1070. The molecule has 0 spiro atoms. The van der Waals surface area contributed by atoms with Crippen LogP contribution in [0.15, 0.2) is 4.99 Å². The molecule has 4 rings (SSSR count). The minimum absolute atomic E-state index is 0.0391. The summed E-state index contributed by atoms with van der Waals surface area (Å²) >= 11 is 1.48. The Morgan fingerprint density at radius 3 is 2.35 bits per heavy atom. The second kappa shape index (κ2) is 10.0. The van der Waals surface area contributed by atoms with Crippen LogP contribution in [0.25, 0.3) is 0 Å². The molecule has 4 amide bonds. The predicted molar refractivity (Wildman–Crippen MR) is 133 cm³/mol. The van der Waals surface area contributed by atoms with Crippen LogP contribution in [-0.4, -0.2) is 79.4 Å². The second-order valence-electron chi connectivity index (χ2n) is 11.6. The third-order valence-corrected chi connectivity index (χ3v) is 7.32. The van der Waals surface area contributed by atoms with Crippen molar-refractivity contribution in [3.63, 3.8) is 0 Å². The first kappa shape index (κ1) is 27.0. The van der Waals surface area contributed by atoms with E-state index in [1.165, 1.54) is 11.3 Å². The van der Waals surface area contributed by atoms with Gasteiger partial charge in [-0.05, 0) is 67.2 Å². The standard InChI is InChI=1S/C23H35N7O6S/c1-22(2,3)35-19(31)25-18(26-20(32)36-23(4,5)6)24-13-9-12(10-13)16-27-28-17(37-16)15-8-7-14-11-29(15)21(33)30(14)34/h12-15,34H,7-11H2,1-6H3,(H2,24,25,26,31,32)/t12-,13-,14-,15-/m0/s1. The predicted octanol–water partition coefficient (Wildman–Crippen LogP) is 3.52. The fourth-order valence-corrected chi connectivity index (χ4v) is 5.57. The molecular formula is C23H35N7O6S. The van der Waals surface area contributed by atoms with Crippen LogP contribution in [0.3, 0.4) is 0 Å². The molecule has 0 unspecified atom stereocenters. The van der Waals surface area contributed by atoms with E-state index in [0.717, 1.165) is 27.9 Å². The van der Waals surface area contributed by atoms with Crippen molar-refractivity contribution in [1.82, 2.24) is 30.8 Å². The van der Waals surface area contributed by atoms with E-state index < -0.39 is 23.4 Å². The molecule has 3 heterocycles. The largest absolute Gasteiger partial charge is 0.444 e. The summed E-state index contributed by atoms with van der Waals surface area (Å²) in [6, 6.07) is -0.773. The average Bonchev–Trinajstić information content (AvgIpc) is 3.28. The number of amides is 4. The van der Waals surface area contributed by atoms with E-state index in [1.54, 1.807) is 46.4 Å². The van der Waals surface area contributed by atoms with Crippen molar-refractivity contribution in [2.45, 2.75) is 102 Å². The minimum Gasteiger partial charge on any atom is -0.444 e. The average molecular weight is 538 g/mol. The number of guanidine groups is 1. The zero-order chi connectivity index (χ0) is 27.1. The number of piperidine rings is 1. The molecule has 3 N–H and O–H groups in total. The zero-order valence-electron chi connectivity index (χ0n) is 22.0. The Labute approximate surface area is 219 Å². The molecule has 2 bridgehead atoms. The summed E-state index contributed by atoms with van der Waals surface area (Å²) in [5, 5.41) is 26.7. The van der Waals surface area contributed by atoms with E-state index in [-0.39, 0.29) is 36.0 Å². The molecule has 1 saturated carbocycles. The van der Waals surface area contributed by atoms with E-state index in [0.29, 0.717) is 19.4 Å². The van der Waals surface area contributed by atoms with Gasteiger partial charge >= 0.3 is 18.2 Å². The smallest absolute Gasteiger partial charge is 0.437 e. The number of hydroxylamine groups is 2. The number of hydrogen-bond acceptors (Lipinski definition) is 9. The van der Waals surface area contributed by atoms with Gasteiger partial charge in [-0.3, -0.25) is 10.5 Å². The lowest BCUT2D eigenvalue weighted by Crippen LogP contribution is -2.51. The van der Waals surface area contributed by atoms with Gasteiger partial charge < -0.3 is 19.7 Å². The summed E-state index contributed by atoms with van der Waals surface area (Å²) < 4.78 is 10.5. The van der Waals surface area contributed by atoms with Crippen molar-refractivity contribution in [2.75, 3.05) is 6.54 Å². The molecule has 3 aliphatic rings. The molecule has 2 saturated heterocycles. The fourth-order valence-electron chi connectivity index (χ4n) is 4.46. The third kappa shape index (κ3) is 6.66. The Morgan fingerprint density at radius 1 is 1.05 bits per heavy atom. The first-order valence-electron chi connectivity index (χ1n) is 12.4. The Balaban J connectivity index is 1.36. The molecular weight excluding hydrogens is 502 g/mol. The summed E-state index contributed by atoms with van der Waals surface area (Å²) in [5.74, 6) is 0.107. The maximum Gasteiger partial charge on any atom is 0.437 e. The first-order valence-corrected chi connectivity index (χ1v) is 13.2. The third-order valence-electron chi connectivity index (χ3n) is 6.13. The van der Waals surface area contributed by atoms with E-state index in [9.17, 15) is 19.6 Å². The highest BCUT2D eigenvalue weighted by Crippen LogP contribution is 2.42. The lowest BCUT2D eigenvalue weighted by molar-refractivity contribution is -0.0584. The number of carbonyl (C=O) groups is 3. The van der Waals surface area contributed by atoms with Crippen LogP contribution in [0.5, 0.6) is 0 Å². The molecule has 3 fully saturated rings. The lowest BCUT2D eigenvalue weighted by atomic mass is 9.81. The molecule has 2 atom stereocenters. The summed E-state index contributed by atoms with van der Waals surface area (Å²) in [4.78, 5) is 42.4. The molecule has 14 heteroatoms. The van der Waals surface area contributed by atoms with Gasteiger partial charge in [0.15, 0.2) is 0 Å². The van der Waals surface area contributed by atoms with E-state index >= 15 is 0 Å². The van der Waals surface area contributed by atoms with Crippen molar-refractivity contribution in [3.05, 3.63) is 10.0 Å².